The Morgan fingerprint density at radius 3 is 2.79 bits per heavy atom. The maximum absolute atomic E-state index is 14.6. The Morgan fingerprint density at radius 1 is 1.29 bits per heavy atom. The lowest BCUT2D eigenvalue weighted by Crippen LogP contribution is -2.33. The zero-order valence-corrected chi connectivity index (χ0v) is 16.1. The summed E-state index contributed by atoms with van der Waals surface area (Å²) in [7, 11) is 0. The fourth-order valence-electron chi connectivity index (χ4n) is 3.27. The van der Waals surface area contributed by atoms with Crippen molar-refractivity contribution >= 4 is 11.7 Å². The van der Waals surface area contributed by atoms with Crippen molar-refractivity contribution in [1.29, 1.82) is 0 Å². The van der Waals surface area contributed by atoms with Gasteiger partial charge < -0.3 is 15.2 Å². The zero-order chi connectivity index (χ0) is 20.3. The summed E-state index contributed by atoms with van der Waals surface area (Å²) >= 11 is 0. The molecule has 0 aliphatic carbocycles. The fourth-order valence-corrected chi connectivity index (χ4v) is 3.27. The highest BCUT2D eigenvalue weighted by Gasteiger charge is 2.25. The molecule has 0 aliphatic rings. The topological polar surface area (TPSA) is 91.7 Å². The molecule has 1 aromatic carbocycles. The minimum absolute atomic E-state index is 0.0253. The van der Waals surface area contributed by atoms with Gasteiger partial charge in [0.15, 0.2) is 17.2 Å². The molecule has 2 aromatic heterocycles. The molecule has 0 radical (unpaired) electrons. The Balaban J connectivity index is 1.68. The van der Waals surface area contributed by atoms with E-state index in [4.69, 9.17) is 15.2 Å². The normalized spacial score (nSPS) is 12.7. The summed E-state index contributed by atoms with van der Waals surface area (Å²) in [6.45, 7) is 5.76. The van der Waals surface area contributed by atoms with E-state index >= 15 is 0 Å². The number of ether oxygens (including phenoxy) is 2. The molecular formula is C20H23FN4O3. The Kier molecular flexibility index (Phi) is 5.48. The van der Waals surface area contributed by atoms with E-state index in [-0.39, 0.29) is 18.3 Å². The number of fused-ring (bicyclic) bond motifs is 1. The molecule has 2 heterocycles. The minimum atomic E-state index is -0.817. The molecule has 28 heavy (non-hydrogen) atoms. The summed E-state index contributed by atoms with van der Waals surface area (Å²) in [5.41, 5.74) is 6.46. The van der Waals surface area contributed by atoms with Gasteiger partial charge in [0.2, 0.25) is 0 Å². The largest absolute Gasteiger partial charge is 0.490 e. The number of hydrogen-bond donors (Lipinski definition) is 1. The third kappa shape index (κ3) is 4.57. The molecule has 3 rings (SSSR count). The first kappa shape index (κ1) is 19.6. The van der Waals surface area contributed by atoms with Crippen LogP contribution in [0.25, 0.3) is 16.9 Å². The SMILES string of the molecule is C[C@H](COc1ccc(-c2ccnc3ccnn23)cc1F)CC(C)(C)OC(N)=O. The lowest BCUT2D eigenvalue weighted by Gasteiger charge is -2.27. The van der Waals surface area contributed by atoms with E-state index < -0.39 is 17.5 Å². The van der Waals surface area contributed by atoms with Crippen LogP contribution in [-0.4, -0.2) is 32.9 Å². The molecule has 0 aliphatic heterocycles. The highest BCUT2D eigenvalue weighted by atomic mass is 19.1. The van der Waals surface area contributed by atoms with Crippen LogP contribution in [0.1, 0.15) is 27.2 Å². The summed E-state index contributed by atoms with van der Waals surface area (Å²) in [5.74, 6) is -0.276. The van der Waals surface area contributed by atoms with Crippen molar-refractivity contribution in [2.75, 3.05) is 6.61 Å². The average molecular weight is 386 g/mol. The molecule has 0 fully saturated rings. The molecule has 0 bridgehead atoms. The van der Waals surface area contributed by atoms with Gasteiger partial charge in [-0.1, -0.05) is 6.92 Å². The molecule has 0 unspecified atom stereocenters. The Labute approximate surface area is 162 Å². The average Bonchev–Trinajstić information content (AvgIpc) is 3.07. The second-order valence-corrected chi connectivity index (χ2v) is 7.38. The second-order valence-electron chi connectivity index (χ2n) is 7.38. The van der Waals surface area contributed by atoms with Crippen molar-refractivity contribution in [3.05, 3.63) is 48.5 Å². The first-order chi connectivity index (χ1) is 13.2. The number of halogens is 1. The molecule has 0 spiro atoms. The number of amides is 1. The van der Waals surface area contributed by atoms with E-state index in [1.54, 1.807) is 55.0 Å². The van der Waals surface area contributed by atoms with Crippen LogP contribution in [0.3, 0.4) is 0 Å². The third-order valence-electron chi connectivity index (χ3n) is 4.26. The third-order valence-corrected chi connectivity index (χ3v) is 4.26. The first-order valence-electron chi connectivity index (χ1n) is 8.95. The van der Waals surface area contributed by atoms with Gasteiger partial charge in [0.05, 0.1) is 18.5 Å². The van der Waals surface area contributed by atoms with Gasteiger partial charge in [0.25, 0.3) is 0 Å². The molecule has 3 aromatic rings. The summed E-state index contributed by atoms with van der Waals surface area (Å²) in [4.78, 5) is 15.1. The highest BCUT2D eigenvalue weighted by molar-refractivity contribution is 5.65. The van der Waals surface area contributed by atoms with Crippen molar-refractivity contribution in [3.8, 4) is 17.0 Å². The number of carbonyl (C=O) groups is 1. The van der Waals surface area contributed by atoms with Crippen LogP contribution in [0.4, 0.5) is 9.18 Å². The van der Waals surface area contributed by atoms with Crippen molar-refractivity contribution in [3.63, 3.8) is 0 Å². The Hall–Kier alpha value is -3.16. The van der Waals surface area contributed by atoms with Crippen molar-refractivity contribution < 1.29 is 18.7 Å². The molecule has 0 saturated heterocycles. The van der Waals surface area contributed by atoms with Gasteiger partial charge in [0.1, 0.15) is 5.60 Å². The van der Waals surface area contributed by atoms with Crippen LogP contribution < -0.4 is 10.5 Å². The molecule has 8 heteroatoms. The van der Waals surface area contributed by atoms with Gasteiger partial charge in [-0.3, -0.25) is 0 Å². The van der Waals surface area contributed by atoms with Crippen LogP contribution >= 0.6 is 0 Å². The Morgan fingerprint density at radius 2 is 2.07 bits per heavy atom. The van der Waals surface area contributed by atoms with E-state index in [0.29, 0.717) is 17.6 Å². The van der Waals surface area contributed by atoms with Gasteiger partial charge in [-0.2, -0.15) is 5.10 Å². The molecule has 148 valence electrons. The smallest absolute Gasteiger partial charge is 0.405 e. The molecular weight excluding hydrogens is 363 g/mol. The summed E-state index contributed by atoms with van der Waals surface area (Å²) in [6.07, 6.45) is 3.02. The summed E-state index contributed by atoms with van der Waals surface area (Å²) in [6, 6.07) is 8.34. The quantitative estimate of drug-likeness (QED) is 0.667. The van der Waals surface area contributed by atoms with E-state index in [0.717, 1.165) is 5.69 Å². The maximum atomic E-state index is 14.6. The summed E-state index contributed by atoms with van der Waals surface area (Å²) in [5, 5.41) is 4.22. The minimum Gasteiger partial charge on any atom is -0.490 e. The number of benzene rings is 1. The van der Waals surface area contributed by atoms with Crippen LogP contribution in [0.2, 0.25) is 0 Å². The van der Waals surface area contributed by atoms with Crippen molar-refractivity contribution in [2.24, 2.45) is 11.7 Å². The highest BCUT2D eigenvalue weighted by Crippen LogP contribution is 2.27. The van der Waals surface area contributed by atoms with Crippen molar-refractivity contribution in [1.82, 2.24) is 14.6 Å². The number of hydrogen-bond acceptors (Lipinski definition) is 5. The molecule has 0 saturated carbocycles. The molecule has 7 nitrogen and oxygen atoms in total. The Bertz CT molecular complexity index is 986. The number of rotatable bonds is 7. The van der Waals surface area contributed by atoms with Gasteiger partial charge in [-0.15, -0.1) is 0 Å². The van der Waals surface area contributed by atoms with Crippen LogP contribution in [0, 0.1) is 11.7 Å². The van der Waals surface area contributed by atoms with Gasteiger partial charge in [-0.25, -0.2) is 18.7 Å². The predicted octanol–water partition coefficient (Wildman–Crippen LogP) is 3.81. The van der Waals surface area contributed by atoms with Crippen LogP contribution in [0.5, 0.6) is 5.75 Å². The molecule has 2 N–H and O–H groups in total. The fraction of sp³-hybridized carbons (Fsp3) is 0.350. The van der Waals surface area contributed by atoms with E-state index in [1.807, 2.05) is 6.92 Å². The summed E-state index contributed by atoms with van der Waals surface area (Å²) < 4.78 is 26.9. The number of aromatic nitrogens is 3. The maximum Gasteiger partial charge on any atom is 0.405 e. The van der Waals surface area contributed by atoms with Crippen molar-refractivity contribution in [2.45, 2.75) is 32.8 Å². The molecule has 1 atom stereocenters. The zero-order valence-electron chi connectivity index (χ0n) is 16.1. The number of nitrogens with two attached hydrogens (primary N) is 1. The van der Waals surface area contributed by atoms with Crippen LogP contribution in [0.15, 0.2) is 42.7 Å². The second kappa shape index (κ2) is 7.84. The number of primary amides is 1. The van der Waals surface area contributed by atoms with E-state index in [9.17, 15) is 9.18 Å². The van der Waals surface area contributed by atoms with Gasteiger partial charge in [0, 0.05) is 17.8 Å². The monoisotopic (exact) mass is 386 g/mol. The number of carbonyl (C=O) groups excluding carboxylic acids is 1. The van der Waals surface area contributed by atoms with Gasteiger partial charge in [-0.05, 0) is 50.5 Å². The van der Waals surface area contributed by atoms with E-state index in [1.165, 1.54) is 6.07 Å². The van der Waals surface area contributed by atoms with Crippen LogP contribution in [-0.2, 0) is 4.74 Å². The standard InChI is InChI=1S/C20H23FN4O3/c1-13(11-20(2,3)28-19(22)26)12-27-17-5-4-14(10-15(17)21)16-6-8-23-18-7-9-24-25(16)18/h4-10,13H,11-12H2,1-3H3,(H2,22,26)/t13-/m0/s1. The predicted molar refractivity (Wildman–Crippen MR) is 102 cm³/mol. The lowest BCUT2D eigenvalue weighted by atomic mass is 9.95. The number of nitrogens with zero attached hydrogens (tertiary/aromatic N) is 3. The lowest BCUT2D eigenvalue weighted by molar-refractivity contribution is 0.0226. The van der Waals surface area contributed by atoms with Gasteiger partial charge >= 0.3 is 6.09 Å². The first-order valence-corrected chi connectivity index (χ1v) is 8.95. The molecule has 1 amide bonds. The van der Waals surface area contributed by atoms with E-state index in [2.05, 4.69) is 10.1 Å².